The molecule has 1 atom stereocenters. The molecular formula is C18H16N2O2. The van der Waals surface area contributed by atoms with E-state index in [4.69, 9.17) is 5.11 Å². The maximum Gasteiger partial charge on any atom is 0.335 e. The molecule has 1 aromatic heterocycles. The molecule has 110 valence electrons. The summed E-state index contributed by atoms with van der Waals surface area (Å²) in [6.45, 7) is 2.05. The highest BCUT2D eigenvalue weighted by Gasteiger charge is 2.10. The van der Waals surface area contributed by atoms with Gasteiger partial charge in [0.25, 0.3) is 0 Å². The average molecular weight is 292 g/mol. The van der Waals surface area contributed by atoms with Crippen molar-refractivity contribution in [3.8, 4) is 0 Å². The summed E-state index contributed by atoms with van der Waals surface area (Å²) >= 11 is 0. The molecular weight excluding hydrogens is 276 g/mol. The van der Waals surface area contributed by atoms with Crippen LogP contribution >= 0.6 is 0 Å². The fraction of sp³-hybridized carbons (Fsp3) is 0.111. The Morgan fingerprint density at radius 1 is 1.14 bits per heavy atom. The summed E-state index contributed by atoms with van der Waals surface area (Å²) in [5.74, 6) is -0.246. The summed E-state index contributed by atoms with van der Waals surface area (Å²) < 4.78 is 0. The Kier molecular flexibility index (Phi) is 3.74. The molecule has 2 aromatic carbocycles. The molecule has 2 N–H and O–H groups in total. The third-order valence-electron chi connectivity index (χ3n) is 3.67. The molecule has 0 amide bonds. The van der Waals surface area contributed by atoms with Crippen molar-refractivity contribution in [1.82, 2.24) is 4.98 Å². The van der Waals surface area contributed by atoms with Gasteiger partial charge < -0.3 is 10.4 Å². The highest BCUT2D eigenvalue weighted by atomic mass is 16.4. The maximum absolute atomic E-state index is 11.2. The van der Waals surface area contributed by atoms with E-state index in [-0.39, 0.29) is 11.6 Å². The molecule has 22 heavy (non-hydrogen) atoms. The lowest BCUT2D eigenvalue weighted by molar-refractivity contribution is 0.0697. The Bertz CT molecular complexity index is 816. The number of benzene rings is 2. The summed E-state index contributed by atoms with van der Waals surface area (Å²) in [4.78, 5) is 15.5. The van der Waals surface area contributed by atoms with Crippen molar-refractivity contribution in [2.75, 3.05) is 5.32 Å². The van der Waals surface area contributed by atoms with Gasteiger partial charge in [0.1, 0.15) is 5.82 Å². The number of carboxylic acid groups (broad SMARTS) is 1. The highest BCUT2D eigenvalue weighted by Crippen LogP contribution is 2.26. The maximum atomic E-state index is 11.2. The number of nitrogens with one attached hydrogen (secondary N) is 1. The van der Waals surface area contributed by atoms with Gasteiger partial charge in [-0.3, -0.25) is 0 Å². The number of pyridine rings is 1. The first kappa shape index (κ1) is 14.1. The minimum atomic E-state index is -0.937. The number of nitrogens with zero attached hydrogens (tertiary/aromatic N) is 1. The molecule has 1 heterocycles. The summed E-state index contributed by atoms with van der Waals surface area (Å²) in [7, 11) is 0. The van der Waals surface area contributed by atoms with Crippen LogP contribution in [0.15, 0.2) is 60.8 Å². The molecule has 3 aromatic rings. The van der Waals surface area contributed by atoms with E-state index in [1.54, 1.807) is 24.4 Å². The van der Waals surface area contributed by atoms with E-state index in [1.165, 1.54) is 0 Å². The Labute approximate surface area is 128 Å². The number of aromatic carboxylic acids is 1. The van der Waals surface area contributed by atoms with Gasteiger partial charge in [-0.1, -0.05) is 36.4 Å². The van der Waals surface area contributed by atoms with E-state index >= 15 is 0 Å². The van der Waals surface area contributed by atoms with E-state index in [1.807, 2.05) is 36.4 Å². The minimum Gasteiger partial charge on any atom is -0.478 e. The van der Waals surface area contributed by atoms with Gasteiger partial charge in [0, 0.05) is 17.6 Å². The predicted molar refractivity (Wildman–Crippen MR) is 87.2 cm³/mol. The van der Waals surface area contributed by atoms with Gasteiger partial charge in [-0.25, -0.2) is 9.78 Å². The molecule has 4 nitrogen and oxygen atoms in total. The van der Waals surface area contributed by atoms with Gasteiger partial charge in [0.05, 0.1) is 5.56 Å². The van der Waals surface area contributed by atoms with Crippen LogP contribution in [0.5, 0.6) is 0 Å². The van der Waals surface area contributed by atoms with Crippen LogP contribution < -0.4 is 5.32 Å². The van der Waals surface area contributed by atoms with Crippen LogP contribution in [0.1, 0.15) is 28.9 Å². The molecule has 0 bridgehead atoms. The van der Waals surface area contributed by atoms with E-state index in [9.17, 15) is 4.79 Å². The molecule has 0 aliphatic heterocycles. The minimum absolute atomic E-state index is 0.0767. The van der Waals surface area contributed by atoms with Crippen LogP contribution in [-0.4, -0.2) is 16.1 Å². The van der Waals surface area contributed by atoms with Gasteiger partial charge in [0.15, 0.2) is 0 Å². The second kappa shape index (κ2) is 5.85. The molecule has 3 rings (SSSR count). The van der Waals surface area contributed by atoms with Crippen LogP contribution in [-0.2, 0) is 0 Å². The standard InChI is InChI=1S/C18H16N2O2/c1-12(13-5-3-2-4-6-13)20-17-16-11-15(18(21)22)8-7-14(16)9-10-19-17/h2-12H,1H3,(H,19,20)(H,21,22). The van der Waals surface area contributed by atoms with E-state index < -0.39 is 5.97 Å². The third kappa shape index (κ3) is 2.76. The Morgan fingerprint density at radius 3 is 2.64 bits per heavy atom. The van der Waals surface area contributed by atoms with Crippen molar-refractivity contribution in [3.05, 3.63) is 71.9 Å². The van der Waals surface area contributed by atoms with Crippen molar-refractivity contribution in [3.63, 3.8) is 0 Å². The number of hydrogen-bond donors (Lipinski definition) is 2. The average Bonchev–Trinajstić information content (AvgIpc) is 2.55. The van der Waals surface area contributed by atoms with Crippen molar-refractivity contribution < 1.29 is 9.90 Å². The monoisotopic (exact) mass is 292 g/mol. The fourth-order valence-corrected chi connectivity index (χ4v) is 2.45. The molecule has 1 unspecified atom stereocenters. The topological polar surface area (TPSA) is 62.2 Å². The predicted octanol–water partition coefficient (Wildman–Crippen LogP) is 4.11. The van der Waals surface area contributed by atoms with Crippen LogP contribution in [0.2, 0.25) is 0 Å². The lowest BCUT2D eigenvalue weighted by Crippen LogP contribution is -2.08. The van der Waals surface area contributed by atoms with Crippen LogP contribution in [0, 0.1) is 0 Å². The van der Waals surface area contributed by atoms with Crippen molar-refractivity contribution in [2.24, 2.45) is 0 Å². The molecule has 0 radical (unpaired) electrons. The van der Waals surface area contributed by atoms with Crippen LogP contribution in [0.4, 0.5) is 5.82 Å². The number of hydrogen-bond acceptors (Lipinski definition) is 3. The second-order valence-electron chi connectivity index (χ2n) is 5.18. The van der Waals surface area contributed by atoms with Gasteiger partial charge in [-0.2, -0.15) is 0 Å². The zero-order chi connectivity index (χ0) is 15.5. The third-order valence-corrected chi connectivity index (χ3v) is 3.67. The van der Waals surface area contributed by atoms with E-state index in [2.05, 4.69) is 17.2 Å². The first-order chi connectivity index (χ1) is 10.6. The Balaban J connectivity index is 1.99. The van der Waals surface area contributed by atoms with Gasteiger partial charge in [-0.15, -0.1) is 0 Å². The lowest BCUT2D eigenvalue weighted by Gasteiger charge is -2.16. The lowest BCUT2D eigenvalue weighted by atomic mass is 10.1. The first-order valence-corrected chi connectivity index (χ1v) is 7.08. The molecule has 0 spiro atoms. The number of aromatic nitrogens is 1. The smallest absolute Gasteiger partial charge is 0.335 e. The number of rotatable bonds is 4. The molecule has 0 aliphatic rings. The first-order valence-electron chi connectivity index (χ1n) is 7.08. The van der Waals surface area contributed by atoms with Crippen LogP contribution in [0.3, 0.4) is 0 Å². The molecule has 0 saturated carbocycles. The normalized spacial score (nSPS) is 12.0. The zero-order valence-electron chi connectivity index (χ0n) is 12.2. The Hall–Kier alpha value is -2.88. The summed E-state index contributed by atoms with van der Waals surface area (Å²) in [6.07, 6.45) is 1.73. The molecule has 4 heteroatoms. The van der Waals surface area contributed by atoms with Crippen LogP contribution in [0.25, 0.3) is 10.8 Å². The van der Waals surface area contributed by atoms with E-state index in [0.29, 0.717) is 5.82 Å². The fourth-order valence-electron chi connectivity index (χ4n) is 2.45. The van der Waals surface area contributed by atoms with E-state index in [0.717, 1.165) is 16.3 Å². The van der Waals surface area contributed by atoms with Crippen molar-refractivity contribution in [2.45, 2.75) is 13.0 Å². The van der Waals surface area contributed by atoms with Crippen molar-refractivity contribution >= 4 is 22.6 Å². The SMILES string of the molecule is CC(Nc1nccc2ccc(C(=O)O)cc12)c1ccccc1. The number of carboxylic acids is 1. The summed E-state index contributed by atoms with van der Waals surface area (Å²) in [5, 5.41) is 14.3. The number of fused-ring (bicyclic) bond motifs is 1. The number of carbonyl (C=O) groups is 1. The second-order valence-corrected chi connectivity index (χ2v) is 5.18. The highest BCUT2D eigenvalue weighted by molar-refractivity contribution is 5.98. The van der Waals surface area contributed by atoms with Crippen molar-refractivity contribution in [1.29, 1.82) is 0 Å². The zero-order valence-corrected chi connectivity index (χ0v) is 12.2. The number of anilines is 1. The van der Waals surface area contributed by atoms with Gasteiger partial charge in [-0.05, 0) is 36.1 Å². The van der Waals surface area contributed by atoms with Gasteiger partial charge in [0.2, 0.25) is 0 Å². The molecule has 0 aliphatic carbocycles. The summed E-state index contributed by atoms with van der Waals surface area (Å²) in [6, 6.07) is 17.1. The Morgan fingerprint density at radius 2 is 1.91 bits per heavy atom. The largest absolute Gasteiger partial charge is 0.478 e. The van der Waals surface area contributed by atoms with Gasteiger partial charge >= 0.3 is 5.97 Å². The quantitative estimate of drug-likeness (QED) is 0.759. The molecule has 0 saturated heterocycles. The molecule has 0 fully saturated rings. The summed E-state index contributed by atoms with van der Waals surface area (Å²) in [5.41, 5.74) is 1.41.